The highest BCUT2D eigenvalue weighted by atomic mass is 32.2. The molecule has 1 fully saturated rings. The maximum absolute atomic E-state index is 12.3. The highest BCUT2D eigenvalue weighted by Crippen LogP contribution is 2.26. The van der Waals surface area contributed by atoms with Crippen LogP contribution in [0.15, 0.2) is 0 Å². The van der Waals surface area contributed by atoms with Gasteiger partial charge >= 0.3 is 0 Å². The van der Waals surface area contributed by atoms with Gasteiger partial charge in [0, 0.05) is 6.54 Å². The lowest BCUT2D eigenvalue weighted by Crippen LogP contribution is -2.42. The van der Waals surface area contributed by atoms with E-state index in [1.54, 1.807) is 0 Å². The third kappa shape index (κ3) is 4.25. The summed E-state index contributed by atoms with van der Waals surface area (Å²) < 4.78 is 24.5. The molecule has 6 heteroatoms. The Hall–Kier alpha value is -0.360. The maximum Gasteiger partial charge on any atom is 0.255 e. The first kappa shape index (κ1) is 13.7. The molecule has 0 bridgehead atoms. The van der Waals surface area contributed by atoms with E-state index in [2.05, 4.69) is 0 Å². The molecule has 94 valence electrons. The van der Waals surface area contributed by atoms with Crippen LogP contribution in [-0.4, -0.2) is 53.0 Å². The van der Waals surface area contributed by atoms with E-state index in [1.165, 1.54) is 11.8 Å². The fourth-order valence-electron chi connectivity index (χ4n) is 1.72. The van der Waals surface area contributed by atoms with Crippen molar-refractivity contribution in [3.63, 3.8) is 0 Å². The van der Waals surface area contributed by atoms with Crippen molar-refractivity contribution in [3.05, 3.63) is 0 Å². The molecule has 16 heavy (non-hydrogen) atoms. The molecule has 1 atom stereocenters. The topological polar surface area (TPSA) is 40.5 Å². The summed E-state index contributed by atoms with van der Waals surface area (Å²) >= 11 is 1.53. The van der Waals surface area contributed by atoms with Crippen molar-refractivity contribution >= 4 is 17.7 Å². The molecule has 0 aromatic heterocycles. The number of aliphatic hydroxyl groups excluding tert-OH is 1. The predicted molar refractivity (Wildman–Crippen MR) is 59.8 cm³/mol. The summed E-state index contributed by atoms with van der Waals surface area (Å²) in [5, 5.41) is 8.56. The molecule has 0 aromatic carbocycles. The van der Waals surface area contributed by atoms with Crippen molar-refractivity contribution < 1.29 is 18.7 Å². The second-order valence-electron chi connectivity index (χ2n) is 3.75. The molecule has 1 aliphatic heterocycles. The number of nitrogens with zero attached hydrogens (tertiary/aromatic N) is 1. The lowest BCUT2D eigenvalue weighted by atomic mass is 10.1. The average molecular weight is 253 g/mol. The zero-order valence-corrected chi connectivity index (χ0v) is 9.89. The molecule has 0 aromatic rings. The van der Waals surface area contributed by atoms with Crippen LogP contribution in [0.1, 0.15) is 19.3 Å². The SMILES string of the molecule is O=C(C1CCCCS1)N(CCO)CC(F)F. The average Bonchev–Trinajstić information content (AvgIpc) is 2.28. The van der Waals surface area contributed by atoms with Gasteiger partial charge in [-0.15, -0.1) is 11.8 Å². The summed E-state index contributed by atoms with van der Waals surface area (Å²) in [5.41, 5.74) is 0. The highest BCUT2D eigenvalue weighted by Gasteiger charge is 2.27. The number of hydrogen-bond donors (Lipinski definition) is 1. The fourth-order valence-corrected chi connectivity index (χ4v) is 3.00. The molecule has 1 aliphatic rings. The third-order valence-electron chi connectivity index (χ3n) is 2.50. The van der Waals surface area contributed by atoms with Crippen LogP contribution in [0.2, 0.25) is 0 Å². The first-order valence-corrected chi connectivity index (χ1v) is 6.49. The normalized spacial score (nSPS) is 21.1. The lowest BCUT2D eigenvalue weighted by Gasteiger charge is -2.28. The Labute approximate surface area is 98.2 Å². The van der Waals surface area contributed by atoms with E-state index in [0.717, 1.165) is 29.9 Å². The number of hydrogen-bond acceptors (Lipinski definition) is 3. The Morgan fingerprint density at radius 1 is 1.50 bits per heavy atom. The number of aliphatic hydroxyl groups is 1. The maximum atomic E-state index is 12.3. The number of alkyl halides is 2. The van der Waals surface area contributed by atoms with Crippen molar-refractivity contribution in [2.45, 2.75) is 30.9 Å². The highest BCUT2D eigenvalue weighted by molar-refractivity contribution is 8.00. The molecule has 0 radical (unpaired) electrons. The molecular weight excluding hydrogens is 236 g/mol. The van der Waals surface area contributed by atoms with Crippen LogP contribution in [0.3, 0.4) is 0 Å². The number of amides is 1. The molecule has 1 N–H and O–H groups in total. The van der Waals surface area contributed by atoms with Crippen molar-refractivity contribution in [2.24, 2.45) is 0 Å². The summed E-state index contributed by atoms with van der Waals surface area (Å²) in [7, 11) is 0. The minimum absolute atomic E-state index is 0.000231. The van der Waals surface area contributed by atoms with E-state index in [1.807, 2.05) is 0 Å². The molecule has 0 aliphatic carbocycles. The van der Waals surface area contributed by atoms with Gasteiger partial charge in [0.2, 0.25) is 5.91 Å². The monoisotopic (exact) mass is 253 g/mol. The Kier molecular flexibility index (Phi) is 6.05. The summed E-state index contributed by atoms with van der Waals surface area (Å²) in [4.78, 5) is 13.0. The van der Waals surface area contributed by atoms with Crippen LogP contribution in [0, 0.1) is 0 Å². The molecular formula is C10H17F2NO2S. The molecule has 0 spiro atoms. The van der Waals surface area contributed by atoms with Gasteiger partial charge in [-0.2, -0.15) is 0 Å². The summed E-state index contributed by atoms with van der Waals surface area (Å²) in [6.07, 6.45) is 0.285. The van der Waals surface area contributed by atoms with Gasteiger partial charge < -0.3 is 10.0 Å². The smallest absolute Gasteiger partial charge is 0.255 e. The fraction of sp³-hybridized carbons (Fsp3) is 0.900. The van der Waals surface area contributed by atoms with Gasteiger partial charge in [-0.3, -0.25) is 4.79 Å². The Bertz CT molecular complexity index is 223. The molecule has 1 saturated heterocycles. The molecule has 1 heterocycles. The van der Waals surface area contributed by atoms with Crippen LogP contribution < -0.4 is 0 Å². The second-order valence-corrected chi connectivity index (χ2v) is 5.06. The molecule has 1 unspecified atom stereocenters. The van der Waals surface area contributed by atoms with Crippen molar-refractivity contribution in [1.29, 1.82) is 0 Å². The first-order valence-electron chi connectivity index (χ1n) is 5.44. The molecule has 0 saturated carbocycles. The third-order valence-corrected chi connectivity index (χ3v) is 3.86. The molecule has 1 amide bonds. The predicted octanol–water partition coefficient (Wildman–Crippen LogP) is 1.36. The Balaban J connectivity index is 2.50. The van der Waals surface area contributed by atoms with Crippen LogP contribution in [0.5, 0.6) is 0 Å². The van der Waals surface area contributed by atoms with Gasteiger partial charge in [0.25, 0.3) is 6.43 Å². The van der Waals surface area contributed by atoms with Crippen LogP contribution in [0.4, 0.5) is 8.78 Å². The van der Waals surface area contributed by atoms with Gasteiger partial charge in [0.15, 0.2) is 0 Å². The van der Waals surface area contributed by atoms with Crippen molar-refractivity contribution in [3.8, 4) is 0 Å². The van der Waals surface area contributed by atoms with Gasteiger partial charge in [-0.1, -0.05) is 6.42 Å². The number of halogens is 2. The van der Waals surface area contributed by atoms with Crippen molar-refractivity contribution in [2.75, 3.05) is 25.4 Å². The van der Waals surface area contributed by atoms with Gasteiger partial charge in [0.05, 0.1) is 18.4 Å². The van der Waals surface area contributed by atoms with E-state index in [9.17, 15) is 13.6 Å². The Morgan fingerprint density at radius 2 is 2.25 bits per heavy atom. The van der Waals surface area contributed by atoms with Gasteiger partial charge in [0.1, 0.15) is 0 Å². The molecule has 3 nitrogen and oxygen atoms in total. The van der Waals surface area contributed by atoms with Crippen LogP contribution in [-0.2, 0) is 4.79 Å². The second kappa shape index (κ2) is 7.06. The van der Waals surface area contributed by atoms with E-state index < -0.39 is 13.0 Å². The largest absolute Gasteiger partial charge is 0.395 e. The zero-order chi connectivity index (χ0) is 12.0. The standard InChI is InChI=1S/C10H17F2NO2S/c11-9(12)7-13(4-5-14)10(15)8-3-1-2-6-16-8/h8-9,14H,1-7H2. The molecule has 1 rings (SSSR count). The lowest BCUT2D eigenvalue weighted by molar-refractivity contribution is -0.133. The van der Waals surface area contributed by atoms with Gasteiger partial charge in [-0.25, -0.2) is 8.78 Å². The quantitative estimate of drug-likeness (QED) is 0.804. The summed E-state index contributed by atoms with van der Waals surface area (Å²) in [6, 6.07) is 0. The minimum atomic E-state index is -2.54. The van der Waals surface area contributed by atoms with Crippen molar-refractivity contribution in [1.82, 2.24) is 4.90 Å². The van der Waals surface area contributed by atoms with E-state index in [4.69, 9.17) is 5.11 Å². The zero-order valence-electron chi connectivity index (χ0n) is 9.07. The number of carbonyl (C=O) groups is 1. The van der Waals surface area contributed by atoms with Crippen LogP contribution in [0.25, 0.3) is 0 Å². The van der Waals surface area contributed by atoms with E-state index in [-0.39, 0.29) is 24.3 Å². The summed E-state index contributed by atoms with van der Waals surface area (Å²) in [6.45, 7) is -0.841. The number of carbonyl (C=O) groups excluding carboxylic acids is 1. The van der Waals surface area contributed by atoms with E-state index >= 15 is 0 Å². The minimum Gasteiger partial charge on any atom is -0.395 e. The number of rotatable bonds is 5. The van der Waals surface area contributed by atoms with Crippen LogP contribution >= 0.6 is 11.8 Å². The Morgan fingerprint density at radius 3 is 2.75 bits per heavy atom. The first-order chi connectivity index (χ1) is 7.65. The van der Waals surface area contributed by atoms with E-state index in [0.29, 0.717) is 0 Å². The van der Waals surface area contributed by atoms with Gasteiger partial charge in [-0.05, 0) is 18.6 Å². The number of thioether (sulfide) groups is 1. The summed E-state index contributed by atoms with van der Waals surface area (Å²) in [5.74, 6) is 0.664.